The second kappa shape index (κ2) is 8.52. The first kappa shape index (κ1) is 21.6. The Morgan fingerprint density at radius 2 is 2.04 bits per heavy atom. The fraction of sp³-hybridized carbons (Fsp3) is 0.263. The van der Waals surface area contributed by atoms with Crippen molar-refractivity contribution in [2.45, 2.75) is 19.0 Å². The van der Waals surface area contributed by atoms with Crippen LogP contribution in [0.3, 0.4) is 0 Å². The molecule has 1 aliphatic rings. The molecule has 0 aromatic heterocycles. The Bertz CT molecular complexity index is 967. The molecule has 0 spiro atoms. The minimum Gasteiger partial charge on any atom is -0.475 e. The molecule has 1 heterocycles. The normalized spacial score (nSPS) is 16.2. The number of aliphatic imine (C=N–C) groups is 1. The first-order valence-electron chi connectivity index (χ1n) is 8.10. The van der Waals surface area contributed by atoms with E-state index in [0.29, 0.717) is 18.4 Å². The average Bonchev–Trinajstić information content (AvgIpc) is 2.97. The number of rotatable bonds is 1. The molecule has 3 rings (SSSR count). The molecule has 2 aromatic carbocycles. The number of guanidine groups is 1. The summed E-state index contributed by atoms with van der Waals surface area (Å²) in [6, 6.07) is 10.5. The van der Waals surface area contributed by atoms with E-state index in [-0.39, 0.29) is 0 Å². The van der Waals surface area contributed by atoms with Crippen LogP contribution in [0, 0.1) is 12.3 Å². The number of alkyl halides is 3. The fourth-order valence-electron chi connectivity index (χ4n) is 2.98. The molecular weight excluding hydrogens is 439 g/mol. The Morgan fingerprint density at radius 1 is 1.39 bits per heavy atom. The predicted octanol–water partition coefficient (Wildman–Crippen LogP) is 4.11. The lowest BCUT2D eigenvalue weighted by molar-refractivity contribution is -0.192. The minimum absolute atomic E-state index is 0.311. The van der Waals surface area contributed by atoms with Crippen molar-refractivity contribution < 1.29 is 23.1 Å². The van der Waals surface area contributed by atoms with Crippen molar-refractivity contribution in [3.8, 4) is 12.3 Å². The van der Waals surface area contributed by atoms with E-state index in [0.717, 1.165) is 16.7 Å². The zero-order valence-corrected chi connectivity index (χ0v) is 16.4. The number of nitrogens with zero attached hydrogens (tertiary/aromatic N) is 2. The molecule has 5 nitrogen and oxygen atoms in total. The molecule has 0 aliphatic carbocycles. The molecule has 148 valence electrons. The highest BCUT2D eigenvalue weighted by Gasteiger charge is 2.38. The Labute approximate surface area is 168 Å². The van der Waals surface area contributed by atoms with Crippen LogP contribution >= 0.6 is 15.9 Å². The molecule has 1 aliphatic heterocycles. The van der Waals surface area contributed by atoms with E-state index in [9.17, 15) is 13.2 Å². The summed E-state index contributed by atoms with van der Waals surface area (Å²) in [5, 5.41) is 9.62. The Kier molecular flexibility index (Phi) is 6.56. The van der Waals surface area contributed by atoms with Gasteiger partial charge in [0.15, 0.2) is 5.96 Å². The summed E-state index contributed by atoms with van der Waals surface area (Å²) in [5.41, 5.74) is 8.54. The largest absolute Gasteiger partial charge is 0.490 e. The highest BCUT2D eigenvalue weighted by molar-refractivity contribution is 9.10. The van der Waals surface area contributed by atoms with Gasteiger partial charge in [0.1, 0.15) is 6.54 Å². The topological polar surface area (TPSA) is 78.9 Å². The number of aliphatic carboxylic acids is 1. The highest BCUT2D eigenvalue weighted by atomic mass is 79.9. The third-order valence-electron chi connectivity index (χ3n) is 4.12. The quantitative estimate of drug-likeness (QED) is 0.385. The van der Waals surface area contributed by atoms with Crippen LogP contribution in [0.15, 0.2) is 39.8 Å². The van der Waals surface area contributed by atoms with E-state index in [1.165, 1.54) is 16.3 Å². The fourth-order valence-corrected chi connectivity index (χ4v) is 3.48. The number of hydrogen-bond donors (Lipinski definition) is 2. The highest BCUT2D eigenvalue weighted by Crippen LogP contribution is 2.42. The molecule has 1 atom stereocenters. The Hall–Kier alpha value is -2.73. The van der Waals surface area contributed by atoms with E-state index in [1.807, 2.05) is 0 Å². The zero-order chi connectivity index (χ0) is 21.1. The van der Waals surface area contributed by atoms with Crippen LogP contribution in [-0.2, 0) is 4.79 Å². The number of nitrogens with two attached hydrogens (primary N) is 1. The van der Waals surface area contributed by atoms with Gasteiger partial charge in [0.2, 0.25) is 0 Å². The number of halogens is 4. The molecule has 1 unspecified atom stereocenters. The van der Waals surface area contributed by atoms with Crippen molar-refractivity contribution in [2.75, 3.05) is 18.0 Å². The van der Waals surface area contributed by atoms with Crippen molar-refractivity contribution in [2.24, 2.45) is 10.7 Å². The van der Waals surface area contributed by atoms with E-state index < -0.39 is 12.1 Å². The summed E-state index contributed by atoms with van der Waals surface area (Å²) < 4.78 is 32.8. The molecule has 0 bridgehead atoms. The third-order valence-corrected chi connectivity index (χ3v) is 4.81. The van der Waals surface area contributed by atoms with Gasteiger partial charge < -0.3 is 15.7 Å². The molecule has 0 saturated heterocycles. The van der Waals surface area contributed by atoms with Crippen molar-refractivity contribution in [1.29, 1.82) is 0 Å². The second-order valence-electron chi connectivity index (χ2n) is 6.03. The Morgan fingerprint density at radius 3 is 2.61 bits per heavy atom. The molecule has 0 saturated carbocycles. The van der Waals surface area contributed by atoms with Crippen LogP contribution in [0.5, 0.6) is 0 Å². The van der Waals surface area contributed by atoms with Gasteiger partial charge in [-0.1, -0.05) is 47.0 Å². The number of fused-ring (bicyclic) bond motifs is 3. The first-order chi connectivity index (χ1) is 13.1. The van der Waals surface area contributed by atoms with Gasteiger partial charge in [-0.05, 0) is 28.5 Å². The van der Waals surface area contributed by atoms with Crippen LogP contribution < -0.4 is 10.6 Å². The summed E-state index contributed by atoms with van der Waals surface area (Å²) in [4.78, 5) is 15.2. The molecular formula is C19H17BrF3N3O2. The Balaban J connectivity index is 0.000000345. The average molecular weight is 456 g/mol. The van der Waals surface area contributed by atoms with Crippen molar-refractivity contribution in [3.05, 3.63) is 40.4 Å². The molecule has 28 heavy (non-hydrogen) atoms. The number of carboxylic acid groups (broad SMARTS) is 1. The van der Waals surface area contributed by atoms with E-state index in [1.54, 1.807) is 0 Å². The van der Waals surface area contributed by atoms with Gasteiger partial charge in [-0.25, -0.2) is 9.79 Å². The number of carbonyl (C=O) groups is 1. The molecule has 2 aromatic rings. The lowest BCUT2D eigenvalue weighted by Crippen LogP contribution is -2.36. The monoisotopic (exact) mass is 455 g/mol. The van der Waals surface area contributed by atoms with Crippen molar-refractivity contribution in [1.82, 2.24) is 0 Å². The van der Waals surface area contributed by atoms with Gasteiger partial charge in [-0.3, -0.25) is 0 Å². The van der Waals surface area contributed by atoms with Crippen LogP contribution in [0.2, 0.25) is 0 Å². The standard InChI is InChI=1S/C17H16BrN3.C2HF3O2/c1-3-9-20-17(19)21-10-11(2)16-13-5-4-6-14(18)12(13)7-8-15(16)21;3-2(4,5)1(6)7/h1,4-8,11H,9-10H2,2H3,(H2,19,20);(H,6,7). The maximum Gasteiger partial charge on any atom is 0.490 e. The first-order valence-corrected chi connectivity index (χ1v) is 8.89. The summed E-state index contributed by atoms with van der Waals surface area (Å²) in [6.45, 7) is 3.36. The molecule has 0 amide bonds. The van der Waals surface area contributed by atoms with Gasteiger partial charge in [0.05, 0.1) is 0 Å². The second-order valence-corrected chi connectivity index (χ2v) is 6.88. The number of benzene rings is 2. The van der Waals surface area contributed by atoms with Crippen molar-refractivity contribution in [3.63, 3.8) is 0 Å². The third kappa shape index (κ3) is 4.57. The lowest BCUT2D eigenvalue weighted by atomic mass is 9.96. The maximum absolute atomic E-state index is 10.6. The maximum atomic E-state index is 10.6. The smallest absolute Gasteiger partial charge is 0.475 e. The summed E-state index contributed by atoms with van der Waals surface area (Å²) in [7, 11) is 0. The summed E-state index contributed by atoms with van der Waals surface area (Å²) in [6.07, 6.45) is 0.169. The molecule has 0 radical (unpaired) electrons. The van der Waals surface area contributed by atoms with Crippen LogP contribution in [-0.4, -0.2) is 36.3 Å². The number of carboxylic acids is 1. The van der Waals surface area contributed by atoms with Gasteiger partial charge in [-0.15, -0.1) is 6.42 Å². The SMILES string of the molecule is C#CCN=C(N)N1CC(C)c2c1ccc1c(Br)cccc21.O=C(O)C(F)(F)F. The van der Waals surface area contributed by atoms with Gasteiger partial charge in [0.25, 0.3) is 0 Å². The van der Waals surface area contributed by atoms with Gasteiger partial charge >= 0.3 is 12.1 Å². The van der Waals surface area contributed by atoms with Crippen molar-refractivity contribution >= 4 is 44.3 Å². The number of hydrogen-bond acceptors (Lipinski definition) is 2. The predicted molar refractivity (Wildman–Crippen MR) is 106 cm³/mol. The molecule has 9 heteroatoms. The summed E-state index contributed by atoms with van der Waals surface area (Å²) >= 11 is 3.62. The van der Waals surface area contributed by atoms with Crippen LogP contribution in [0.4, 0.5) is 18.9 Å². The minimum atomic E-state index is -5.08. The van der Waals surface area contributed by atoms with Gasteiger partial charge in [-0.2, -0.15) is 13.2 Å². The number of anilines is 1. The van der Waals surface area contributed by atoms with Crippen LogP contribution in [0.25, 0.3) is 10.8 Å². The number of terminal acetylenes is 1. The van der Waals surface area contributed by atoms with Crippen LogP contribution in [0.1, 0.15) is 18.4 Å². The zero-order valence-electron chi connectivity index (χ0n) is 14.8. The van der Waals surface area contributed by atoms with E-state index >= 15 is 0 Å². The lowest BCUT2D eigenvalue weighted by Gasteiger charge is -2.18. The molecule has 3 N–H and O–H groups in total. The molecule has 0 fully saturated rings. The summed E-state index contributed by atoms with van der Waals surface area (Å²) in [5.74, 6) is 0.631. The van der Waals surface area contributed by atoms with Gasteiger partial charge in [0, 0.05) is 22.6 Å². The van der Waals surface area contributed by atoms with E-state index in [2.05, 4.69) is 69.0 Å². The van der Waals surface area contributed by atoms with E-state index in [4.69, 9.17) is 22.1 Å².